The lowest BCUT2D eigenvalue weighted by molar-refractivity contribution is -0.113. The van der Waals surface area contributed by atoms with Crippen molar-refractivity contribution in [3.8, 4) is 0 Å². The van der Waals surface area contributed by atoms with Gasteiger partial charge in [0.1, 0.15) is 0 Å². The molecule has 0 aliphatic heterocycles. The van der Waals surface area contributed by atoms with E-state index in [2.05, 4.69) is 11.8 Å². The first-order valence-corrected chi connectivity index (χ1v) is 3.31. The third-order valence-corrected chi connectivity index (χ3v) is 1.24. The van der Waals surface area contributed by atoms with Crippen LogP contribution in [0.3, 0.4) is 0 Å². The Kier molecular flexibility index (Phi) is 4.58. The average molecular weight is 142 g/mol. The van der Waals surface area contributed by atoms with Crippen molar-refractivity contribution in [3.63, 3.8) is 0 Å². The monoisotopic (exact) mass is 142 g/mol. The number of rotatable bonds is 4. The van der Waals surface area contributed by atoms with Crippen LogP contribution in [0.4, 0.5) is 0 Å². The van der Waals surface area contributed by atoms with Crippen LogP contribution in [0.25, 0.3) is 0 Å². The van der Waals surface area contributed by atoms with Gasteiger partial charge in [-0.3, -0.25) is 4.79 Å². The van der Waals surface area contributed by atoms with Crippen LogP contribution in [0.2, 0.25) is 0 Å². The molecule has 0 atom stereocenters. The van der Waals surface area contributed by atoms with E-state index in [4.69, 9.17) is 5.73 Å². The van der Waals surface area contributed by atoms with Gasteiger partial charge in [0.25, 0.3) is 0 Å². The smallest absolute Gasteiger partial charge is 0.241 e. The Morgan fingerprint density at radius 1 is 1.70 bits per heavy atom. The summed E-state index contributed by atoms with van der Waals surface area (Å²) in [5.41, 5.74) is 4.88. The summed E-state index contributed by atoms with van der Waals surface area (Å²) in [4.78, 5) is 12.3. The lowest BCUT2D eigenvalue weighted by Gasteiger charge is -2.08. The van der Waals surface area contributed by atoms with Crippen molar-refractivity contribution < 1.29 is 4.79 Å². The molecule has 0 aliphatic rings. The topological polar surface area (TPSA) is 46.3 Å². The van der Waals surface area contributed by atoms with Gasteiger partial charge in [-0.15, -0.1) is 0 Å². The highest BCUT2D eigenvalue weighted by molar-refractivity contribution is 5.85. The number of hydrogen-bond acceptors (Lipinski definition) is 2. The maximum absolute atomic E-state index is 10.2. The highest BCUT2D eigenvalue weighted by atomic mass is 16.1. The fourth-order valence-corrected chi connectivity index (χ4v) is 0.478. The van der Waals surface area contributed by atoms with E-state index in [0.29, 0.717) is 0 Å². The summed E-state index contributed by atoms with van der Waals surface area (Å²) in [5.74, 6) is -0.385. The van der Waals surface area contributed by atoms with Gasteiger partial charge in [0, 0.05) is 6.54 Å². The van der Waals surface area contributed by atoms with Crippen LogP contribution in [0.5, 0.6) is 0 Å². The van der Waals surface area contributed by atoms with E-state index < -0.39 is 0 Å². The fourth-order valence-electron chi connectivity index (χ4n) is 0.478. The van der Waals surface area contributed by atoms with Crippen LogP contribution in [0.15, 0.2) is 12.2 Å². The van der Waals surface area contributed by atoms with E-state index in [9.17, 15) is 4.79 Å². The van der Waals surface area contributed by atoms with Crippen molar-refractivity contribution in [2.45, 2.75) is 6.92 Å². The molecule has 0 bridgehead atoms. The molecule has 0 heterocycles. The summed E-state index contributed by atoms with van der Waals surface area (Å²) in [7, 11) is 1.98. The second-order valence-corrected chi connectivity index (χ2v) is 2.16. The summed E-state index contributed by atoms with van der Waals surface area (Å²) in [6.07, 6.45) is 3.14. The summed E-state index contributed by atoms with van der Waals surface area (Å²) in [6.45, 7) is 3.81. The summed E-state index contributed by atoms with van der Waals surface area (Å²) < 4.78 is 0. The van der Waals surface area contributed by atoms with Crippen molar-refractivity contribution in [2.75, 3.05) is 20.1 Å². The Morgan fingerprint density at radius 2 is 2.30 bits per heavy atom. The minimum atomic E-state index is -0.385. The maximum atomic E-state index is 10.2. The molecule has 1 amide bonds. The van der Waals surface area contributed by atoms with Crippen molar-refractivity contribution in [3.05, 3.63) is 12.2 Å². The predicted molar refractivity (Wildman–Crippen MR) is 41.5 cm³/mol. The molecular weight excluding hydrogens is 128 g/mol. The van der Waals surface area contributed by atoms with Crippen LogP contribution in [0.1, 0.15) is 6.92 Å². The minimum absolute atomic E-state index is 0.385. The van der Waals surface area contributed by atoms with Gasteiger partial charge in [-0.05, 0) is 19.7 Å². The lowest BCUT2D eigenvalue weighted by atomic mass is 10.4. The Bertz CT molecular complexity index is 132. The molecule has 0 spiro atoms. The highest BCUT2D eigenvalue weighted by Gasteiger charge is 1.88. The summed E-state index contributed by atoms with van der Waals surface area (Å²) in [6, 6.07) is 0. The van der Waals surface area contributed by atoms with E-state index >= 15 is 0 Å². The molecule has 0 aromatic carbocycles. The molecule has 3 heteroatoms. The first kappa shape index (κ1) is 9.17. The Balaban J connectivity index is 3.43. The number of amides is 1. The summed E-state index contributed by atoms with van der Waals surface area (Å²) in [5, 5.41) is 0. The van der Waals surface area contributed by atoms with E-state index in [-0.39, 0.29) is 5.91 Å². The van der Waals surface area contributed by atoms with Crippen molar-refractivity contribution in [1.29, 1.82) is 0 Å². The molecule has 2 N–H and O–H groups in total. The third kappa shape index (κ3) is 5.31. The number of carbonyl (C=O) groups is 1. The van der Waals surface area contributed by atoms with Crippen molar-refractivity contribution >= 4 is 5.91 Å². The Labute approximate surface area is 61.5 Å². The SMILES string of the molecule is CCN(C)C/C=C/C(N)=O. The number of carbonyl (C=O) groups excluding carboxylic acids is 1. The average Bonchev–Trinajstić information content (AvgIpc) is 1.87. The van der Waals surface area contributed by atoms with E-state index in [1.54, 1.807) is 6.08 Å². The predicted octanol–water partition coefficient (Wildman–Crippen LogP) is -0.0204. The molecule has 0 aliphatic carbocycles. The number of primary amides is 1. The third-order valence-electron chi connectivity index (χ3n) is 1.24. The molecule has 0 saturated heterocycles. The zero-order chi connectivity index (χ0) is 7.98. The first-order chi connectivity index (χ1) is 4.66. The molecule has 10 heavy (non-hydrogen) atoms. The van der Waals surface area contributed by atoms with Crippen molar-refractivity contribution in [2.24, 2.45) is 5.73 Å². The molecule has 0 saturated carbocycles. The molecule has 0 aromatic heterocycles. The largest absolute Gasteiger partial charge is 0.366 e. The number of hydrogen-bond donors (Lipinski definition) is 1. The number of likely N-dealkylation sites (N-methyl/N-ethyl adjacent to an activating group) is 1. The molecule has 0 aromatic rings. The van der Waals surface area contributed by atoms with Gasteiger partial charge < -0.3 is 10.6 Å². The van der Waals surface area contributed by atoms with Gasteiger partial charge >= 0.3 is 0 Å². The molecule has 58 valence electrons. The van der Waals surface area contributed by atoms with Crippen LogP contribution in [0, 0.1) is 0 Å². The van der Waals surface area contributed by atoms with Gasteiger partial charge in [0.2, 0.25) is 5.91 Å². The lowest BCUT2D eigenvalue weighted by Crippen LogP contribution is -2.17. The second kappa shape index (κ2) is 4.99. The normalized spacial score (nSPS) is 11.1. The van der Waals surface area contributed by atoms with Gasteiger partial charge in [-0.25, -0.2) is 0 Å². The molecule has 0 unspecified atom stereocenters. The second-order valence-electron chi connectivity index (χ2n) is 2.16. The fraction of sp³-hybridized carbons (Fsp3) is 0.571. The highest BCUT2D eigenvalue weighted by Crippen LogP contribution is 1.80. The molecular formula is C7H14N2O. The van der Waals surface area contributed by atoms with Crippen LogP contribution < -0.4 is 5.73 Å². The first-order valence-electron chi connectivity index (χ1n) is 3.31. The zero-order valence-electron chi connectivity index (χ0n) is 6.50. The van der Waals surface area contributed by atoms with Crippen LogP contribution in [-0.4, -0.2) is 30.9 Å². The van der Waals surface area contributed by atoms with Crippen LogP contribution >= 0.6 is 0 Å². The van der Waals surface area contributed by atoms with E-state index in [0.717, 1.165) is 13.1 Å². The maximum Gasteiger partial charge on any atom is 0.241 e. The number of nitrogens with two attached hydrogens (primary N) is 1. The standard InChI is InChI=1S/C7H14N2O/c1-3-9(2)6-4-5-7(8)10/h4-5H,3,6H2,1-2H3,(H2,8,10)/b5-4+. The van der Waals surface area contributed by atoms with Gasteiger partial charge in [0.05, 0.1) is 0 Å². The van der Waals surface area contributed by atoms with E-state index in [1.807, 2.05) is 7.05 Å². The number of nitrogens with zero attached hydrogens (tertiary/aromatic N) is 1. The van der Waals surface area contributed by atoms with E-state index in [1.165, 1.54) is 6.08 Å². The zero-order valence-corrected chi connectivity index (χ0v) is 6.50. The van der Waals surface area contributed by atoms with Gasteiger partial charge in [-0.2, -0.15) is 0 Å². The molecule has 0 fully saturated rings. The van der Waals surface area contributed by atoms with Crippen molar-refractivity contribution in [1.82, 2.24) is 4.90 Å². The quantitative estimate of drug-likeness (QED) is 0.561. The molecule has 3 nitrogen and oxygen atoms in total. The van der Waals surface area contributed by atoms with Gasteiger partial charge in [0.15, 0.2) is 0 Å². The Hall–Kier alpha value is -0.830. The van der Waals surface area contributed by atoms with Gasteiger partial charge in [-0.1, -0.05) is 13.0 Å². The Morgan fingerprint density at radius 3 is 2.70 bits per heavy atom. The molecule has 0 rings (SSSR count). The minimum Gasteiger partial charge on any atom is -0.366 e. The summed E-state index contributed by atoms with van der Waals surface area (Å²) >= 11 is 0. The molecule has 0 radical (unpaired) electrons. The van der Waals surface area contributed by atoms with Crippen LogP contribution in [-0.2, 0) is 4.79 Å².